The van der Waals surface area contributed by atoms with E-state index >= 15 is 0 Å². The Balaban J connectivity index is 2.33. The van der Waals surface area contributed by atoms with Crippen LogP contribution in [0.25, 0.3) is 0 Å². The fourth-order valence-corrected chi connectivity index (χ4v) is 2.82. The van der Waals surface area contributed by atoms with Crippen LogP contribution in [0.15, 0.2) is 18.2 Å². The second-order valence-electron chi connectivity index (χ2n) is 5.52. The maximum atomic E-state index is 11.2. The summed E-state index contributed by atoms with van der Waals surface area (Å²) >= 11 is 0. The minimum absolute atomic E-state index is 0.256. The van der Waals surface area contributed by atoms with Crippen molar-refractivity contribution >= 4 is 17.3 Å². The zero-order chi connectivity index (χ0) is 15.6. The Morgan fingerprint density at radius 3 is 2.81 bits per heavy atom. The summed E-state index contributed by atoms with van der Waals surface area (Å²) in [6, 6.07) is 4.64. The molecule has 7 nitrogen and oxygen atoms in total. The van der Waals surface area contributed by atoms with Crippen LogP contribution >= 0.6 is 0 Å². The van der Waals surface area contributed by atoms with Crippen molar-refractivity contribution in [2.24, 2.45) is 0 Å². The van der Waals surface area contributed by atoms with E-state index < -0.39 is 10.9 Å². The number of carboxylic acids is 1. The highest BCUT2D eigenvalue weighted by atomic mass is 16.6. The third kappa shape index (κ3) is 3.30. The lowest BCUT2D eigenvalue weighted by atomic mass is 10.1. The Kier molecular flexibility index (Phi) is 4.42. The van der Waals surface area contributed by atoms with Crippen LogP contribution in [0.2, 0.25) is 0 Å². The summed E-state index contributed by atoms with van der Waals surface area (Å²) in [5, 5.41) is 20.1. The van der Waals surface area contributed by atoms with Gasteiger partial charge in [0.05, 0.1) is 4.92 Å². The number of nitrogens with zero attached hydrogens (tertiary/aromatic N) is 3. The van der Waals surface area contributed by atoms with Gasteiger partial charge in [0.15, 0.2) is 0 Å². The first-order chi connectivity index (χ1) is 9.90. The highest BCUT2D eigenvalue weighted by Gasteiger charge is 2.28. The van der Waals surface area contributed by atoms with Crippen LogP contribution in [0.5, 0.6) is 0 Å². The summed E-state index contributed by atoms with van der Waals surface area (Å²) in [5.41, 5.74) is 0.116. The molecule has 0 bridgehead atoms. The fourth-order valence-electron chi connectivity index (χ4n) is 2.82. The number of carbonyl (C=O) groups is 1. The van der Waals surface area contributed by atoms with Crippen LogP contribution in [-0.4, -0.2) is 54.1 Å². The van der Waals surface area contributed by atoms with Crippen LogP contribution in [0.3, 0.4) is 0 Å². The first-order valence-corrected chi connectivity index (χ1v) is 6.83. The first kappa shape index (κ1) is 15.2. The van der Waals surface area contributed by atoms with Gasteiger partial charge in [-0.1, -0.05) is 0 Å². The lowest BCUT2D eigenvalue weighted by Gasteiger charge is -2.29. The van der Waals surface area contributed by atoms with Gasteiger partial charge < -0.3 is 14.9 Å². The number of aromatic carboxylic acids is 1. The monoisotopic (exact) mass is 293 g/mol. The van der Waals surface area contributed by atoms with Gasteiger partial charge in [0.1, 0.15) is 5.56 Å². The summed E-state index contributed by atoms with van der Waals surface area (Å²) in [7, 11) is 3.99. The maximum absolute atomic E-state index is 11.2. The molecule has 114 valence electrons. The topological polar surface area (TPSA) is 86.9 Å². The van der Waals surface area contributed by atoms with Gasteiger partial charge in [-0.2, -0.15) is 0 Å². The third-order valence-corrected chi connectivity index (χ3v) is 3.69. The number of nitro groups is 1. The number of likely N-dealkylation sites (N-methyl/N-ethyl adjacent to an activating group) is 1. The zero-order valence-electron chi connectivity index (χ0n) is 12.2. The molecule has 1 fully saturated rings. The molecule has 1 saturated heterocycles. The average Bonchev–Trinajstić information content (AvgIpc) is 2.85. The van der Waals surface area contributed by atoms with E-state index in [0.29, 0.717) is 6.04 Å². The number of carboxylic acid groups (broad SMARTS) is 1. The summed E-state index contributed by atoms with van der Waals surface area (Å²) in [6.45, 7) is 1.72. The molecule has 1 unspecified atom stereocenters. The van der Waals surface area contributed by atoms with E-state index in [1.807, 2.05) is 14.1 Å². The minimum Gasteiger partial charge on any atom is -0.477 e. The Bertz CT molecular complexity index is 559. The summed E-state index contributed by atoms with van der Waals surface area (Å²) < 4.78 is 0. The molecule has 1 aliphatic rings. The highest BCUT2D eigenvalue weighted by Crippen LogP contribution is 2.30. The van der Waals surface area contributed by atoms with Crippen molar-refractivity contribution in [1.82, 2.24) is 4.90 Å². The van der Waals surface area contributed by atoms with Crippen molar-refractivity contribution in [3.63, 3.8) is 0 Å². The predicted molar refractivity (Wildman–Crippen MR) is 79.0 cm³/mol. The van der Waals surface area contributed by atoms with E-state index in [9.17, 15) is 14.9 Å². The molecule has 1 aliphatic heterocycles. The van der Waals surface area contributed by atoms with Gasteiger partial charge in [0, 0.05) is 30.9 Å². The van der Waals surface area contributed by atoms with Crippen LogP contribution in [0, 0.1) is 10.1 Å². The maximum Gasteiger partial charge on any atom is 0.342 e. The van der Waals surface area contributed by atoms with Gasteiger partial charge in [0.25, 0.3) is 5.69 Å². The van der Waals surface area contributed by atoms with Gasteiger partial charge in [-0.05, 0) is 39.1 Å². The van der Waals surface area contributed by atoms with Crippen LogP contribution in [-0.2, 0) is 0 Å². The molecule has 0 amide bonds. The predicted octanol–water partition coefficient (Wildman–Crippen LogP) is 1.82. The van der Waals surface area contributed by atoms with E-state index in [1.54, 1.807) is 6.07 Å². The molecule has 0 aliphatic carbocycles. The Labute approximate surface area is 122 Å². The van der Waals surface area contributed by atoms with E-state index in [0.717, 1.165) is 31.6 Å². The third-order valence-electron chi connectivity index (χ3n) is 3.69. The van der Waals surface area contributed by atoms with Crippen molar-refractivity contribution in [2.75, 3.05) is 32.1 Å². The number of hydrogen-bond acceptors (Lipinski definition) is 5. The molecule has 2 rings (SSSR count). The highest BCUT2D eigenvalue weighted by molar-refractivity contribution is 5.93. The Morgan fingerprint density at radius 2 is 2.24 bits per heavy atom. The second-order valence-corrected chi connectivity index (χ2v) is 5.52. The molecule has 0 radical (unpaired) electrons. The smallest absolute Gasteiger partial charge is 0.342 e. The van der Waals surface area contributed by atoms with Gasteiger partial charge in [0.2, 0.25) is 0 Å². The molecule has 1 aromatic carbocycles. The molecule has 0 saturated carbocycles. The SMILES string of the molecule is CN(C)CC1CCCN1c1ccc([N+](=O)[O-])c(C(=O)O)c1. The summed E-state index contributed by atoms with van der Waals surface area (Å²) in [5.74, 6) is -1.27. The lowest BCUT2D eigenvalue weighted by molar-refractivity contribution is -0.385. The van der Waals surface area contributed by atoms with E-state index in [4.69, 9.17) is 5.11 Å². The summed E-state index contributed by atoms with van der Waals surface area (Å²) in [6.07, 6.45) is 2.08. The molecule has 0 aromatic heterocycles. The van der Waals surface area contributed by atoms with Crippen LogP contribution in [0.4, 0.5) is 11.4 Å². The number of benzene rings is 1. The number of rotatable bonds is 5. The van der Waals surface area contributed by atoms with Gasteiger partial charge in [-0.3, -0.25) is 10.1 Å². The van der Waals surface area contributed by atoms with Crippen LogP contribution in [0.1, 0.15) is 23.2 Å². The summed E-state index contributed by atoms with van der Waals surface area (Å²) in [4.78, 5) is 25.7. The Hall–Kier alpha value is -2.15. The van der Waals surface area contributed by atoms with Crippen molar-refractivity contribution in [1.29, 1.82) is 0 Å². The normalized spacial score (nSPS) is 18.2. The molecular formula is C14H19N3O4. The van der Waals surface area contributed by atoms with Crippen molar-refractivity contribution < 1.29 is 14.8 Å². The van der Waals surface area contributed by atoms with Gasteiger partial charge in [-0.15, -0.1) is 0 Å². The zero-order valence-corrected chi connectivity index (χ0v) is 12.2. The number of anilines is 1. The van der Waals surface area contributed by atoms with E-state index in [-0.39, 0.29) is 11.3 Å². The fraction of sp³-hybridized carbons (Fsp3) is 0.500. The van der Waals surface area contributed by atoms with Crippen molar-refractivity contribution in [3.8, 4) is 0 Å². The van der Waals surface area contributed by atoms with E-state index in [2.05, 4.69) is 9.80 Å². The largest absolute Gasteiger partial charge is 0.477 e. The van der Waals surface area contributed by atoms with Crippen molar-refractivity contribution in [3.05, 3.63) is 33.9 Å². The second kappa shape index (κ2) is 6.09. The molecule has 1 heterocycles. The first-order valence-electron chi connectivity index (χ1n) is 6.83. The number of hydrogen-bond donors (Lipinski definition) is 1. The molecule has 1 atom stereocenters. The average molecular weight is 293 g/mol. The standard InChI is InChI=1S/C14H19N3O4/c1-15(2)9-11-4-3-7-16(11)10-5-6-13(17(20)21)12(8-10)14(18)19/h5-6,8,11H,3-4,7,9H2,1-2H3,(H,18,19). The molecule has 1 N–H and O–H groups in total. The molecule has 0 spiro atoms. The lowest BCUT2D eigenvalue weighted by Crippen LogP contribution is -2.37. The van der Waals surface area contributed by atoms with Crippen molar-refractivity contribution in [2.45, 2.75) is 18.9 Å². The van der Waals surface area contributed by atoms with Gasteiger partial charge in [-0.25, -0.2) is 4.79 Å². The van der Waals surface area contributed by atoms with E-state index in [1.165, 1.54) is 12.1 Å². The molecule has 7 heteroatoms. The molecule has 1 aromatic rings. The minimum atomic E-state index is -1.27. The van der Waals surface area contributed by atoms with Gasteiger partial charge >= 0.3 is 5.97 Å². The number of nitro benzene ring substituents is 1. The van der Waals surface area contributed by atoms with Crippen LogP contribution < -0.4 is 4.90 Å². The molecule has 21 heavy (non-hydrogen) atoms. The molecular weight excluding hydrogens is 274 g/mol. The Morgan fingerprint density at radius 1 is 1.52 bits per heavy atom. The quantitative estimate of drug-likeness (QED) is 0.658.